The lowest BCUT2D eigenvalue weighted by Gasteiger charge is -2.08. The summed E-state index contributed by atoms with van der Waals surface area (Å²) in [5, 5.41) is 2.73. The van der Waals surface area contributed by atoms with Crippen LogP contribution in [0.25, 0.3) is 0 Å². The molecule has 2 aliphatic carbocycles. The zero-order chi connectivity index (χ0) is 22.2. The predicted octanol–water partition coefficient (Wildman–Crippen LogP) is 2.75. The van der Waals surface area contributed by atoms with Gasteiger partial charge in [0, 0.05) is 13.0 Å². The number of rotatable bonds is 17. The molecule has 0 aliphatic heterocycles. The summed E-state index contributed by atoms with van der Waals surface area (Å²) in [6.07, 6.45) is 9.36. The quantitative estimate of drug-likeness (QED) is 0.274. The number of hydrogen-bond donors (Lipinski definition) is 1. The molecule has 8 heteroatoms. The van der Waals surface area contributed by atoms with Crippen molar-refractivity contribution in [1.82, 2.24) is 5.32 Å². The first-order valence-electron chi connectivity index (χ1n) is 11.5. The normalized spacial score (nSPS) is 23.3. The van der Waals surface area contributed by atoms with Gasteiger partial charge in [-0.05, 0) is 50.4 Å². The zero-order valence-electron chi connectivity index (χ0n) is 18.9. The number of nitrogens with one attached hydrogen (secondary N) is 1. The maximum Gasteiger partial charge on any atom is 0.407 e. The first kappa shape index (κ1) is 25.8. The Morgan fingerprint density at radius 1 is 0.806 bits per heavy atom. The fraction of sp³-hybridized carbons (Fsp3) is 0.826. The van der Waals surface area contributed by atoms with Crippen molar-refractivity contribution in [2.75, 3.05) is 66.0 Å². The molecule has 8 nitrogen and oxygen atoms in total. The third-order valence-electron chi connectivity index (χ3n) is 5.65. The largest absolute Gasteiger partial charge is 0.449 e. The van der Waals surface area contributed by atoms with Gasteiger partial charge in [0.2, 0.25) is 0 Å². The van der Waals surface area contributed by atoms with Crippen molar-refractivity contribution >= 4 is 11.9 Å². The number of fused-ring (bicyclic) bond motifs is 1. The minimum Gasteiger partial charge on any atom is -0.449 e. The van der Waals surface area contributed by atoms with Gasteiger partial charge in [0.15, 0.2) is 0 Å². The summed E-state index contributed by atoms with van der Waals surface area (Å²) in [5.74, 6) is 2.14. The van der Waals surface area contributed by atoms with Crippen LogP contribution in [0, 0.1) is 17.8 Å². The third kappa shape index (κ3) is 12.2. The number of carbonyl (C=O) groups excluding carboxylic acids is 2. The lowest BCUT2D eigenvalue weighted by atomic mass is 10.1. The Balaban J connectivity index is 1.29. The molecule has 31 heavy (non-hydrogen) atoms. The predicted molar refractivity (Wildman–Crippen MR) is 116 cm³/mol. The van der Waals surface area contributed by atoms with Gasteiger partial charge in [-0.3, -0.25) is 4.79 Å². The van der Waals surface area contributed by atoms with Gasteiger partial charge in [-0.15, -0.1) is 0 Å². The Kier molecular flexibility index (Phi) is 13.5. The number of amides is 1. The van der Waals surface area contributed by atoms with Gasteiger partial charge in [-0.1, -0.05) is 12.2 Å². The first-order valence-corrected chi connectivity index (χ1v) is 11.5. The van der Waals surface area contributed by atoms with Gasteiger partial charge in [-0.2, -0.15) is 0 Å². The molecule has 0 radical (unpaired) electrons. The molecule has 0 aromatic heterocycles. The van der Waals surface area contributed by atoms with E-state index < -0.39 is 0 Å². The molecule has 1 fully saturated rings. The highest BCUT2D eigenvalue weighted by molar-refractivity contribution is 5.75. The summed E-state index contributed by atoms with van der Waals surface area (Å²) in [5.41, 5.74) is 0. The smallest absolute Gasteiger partial charge is 0.407 e. The van der Waals surface area contributed by atoms with Gasteiger partial charge in [0.25, 0.3) is 0 Å². The van der Waals surface area contributed by atoms with Crippen LogP contribution in [0.4, 0.5) is 4.79 Å². The summed E-state index contributed by atoms with van der Waals surface area (Å²) in [7, 11) is 0. The average molecular weight is 442 g/mol. The second-order valence-corrected chi connectivity index (χ2v) is 8.04. The molecule has 0 aromatic rings. The molecule has 2 atom stereocenters. The molecule has 0 saturated heterocycles. The molecule has 1 saturated carbocycles. The standard InChI is InChI=1S/C23H39NO7/c1-19(25)8-10-27-12-14-29-16-17-30-15-13-28-11-9-24-23(26)31-18-22-20-6-4-2-3-5-7-21(20)22/h2-3,20-22H,4-18H2,1H3,(H,24,26)/b3-2-. The molecule has 0 aromatic carbocycles. The maximum absolute atomic E-state index is 11.8. The average Bonchev–Trinajstić information content (AvgIpc) is 3.38. The van der Waals surface area contributed by atoms with Crippen LogP contribution < -0.4 is 5.32 Å². The van der Waals surface area contributed by atoms with Crippen molar-refractivity contribution in [2.45, 2.75) is 39.0 Å². The highest BCUT2D eigenvalue weighted by Gasteiger charge is 2.49. The molecule has 2 aliphatic rings. The zero-order valence-corrected chi connectivity index (χ0v) is 18.9. The van der Waals surface area contributed by atoms with Crippen LogP contribution in [0.2, 0.25) is 0 Å². The fourth-order valence-corrected chi connectivity index (χ4v) is 3.87. The maximum atomic E-state index is 11.8. The topological polar surface area (TPSA) is 92.3 Å². The van der Waals surface area contributed by atoms with E-state index in [0.29, 0.717) is 78.3 Å². The number of ketones is 1. The number of hydrogen-bond acceptors (Lipinski definition) is 7. The van der Waals surface area contributed by atoms with Crippen molar-refractivity contribution < 1.29 is 33.3 Å². The molecule has 1 N–H and O–H groups in total. The summed E-state index contributed by atoms with van der Waals surface area (Å²) in [6, 6.07) is 0. The molecule has 2 rings (SSSR count). The van der Waals surface area contributed by atoms with Gasteiger partial charge in [0.1, 0.15) is 5.78 Å². The summed E-state index contributed by atoms with van der Waals surface area (Å²) < 4.78 is 26.8. The Hall–Kier alpha value is -1.48. The van der Waals surface area contributed by atoms with E-state index in [-0.39, 0.29) is 11.9 Å². The van der Waals surface area contributed by atoms with Gasteiger partial charge >= 0.3 is 6.09 Å². The fourth-order valence-electron chi connectivity index (χ4n) is 3.87. The number of ether oxygens (including phenoxy) is 5. The van der Waals surface area contributed by atoms with Crippen molar-refractivity contribution in [3.8, 4) is 0 Å². The second kappa shape index (κ2) is 16.2. The van der Waals surface area contributed by atoms with E-state index in [2.05, 4.69) is 17.5 Å². The molecule has 0 bridgehead atoms. The van der Waals surface area contributed by atoms with Gasteiger partial charge in [0.05, 0.1) is 59.5 Å². The number of carbonyl (C=O) groups is 2. The molecular weight excluding hydrogens is 402 g/mol. The van der Waals surface area contributed by atoms with Crippen molar-refractivity contribution in [1.29, 1.82) is 0 Å². The molecule has 0 spiro atoms. The first-order chi connectivity index (χ1) is 15.2. The highest BCUT2D eigenvalue weighted by Crippen LogP contribution is 2.52. The monoisotopic (exact) mass is 441 g/mol. The summed E-state index contributed by atoms with van der Waals surface area (Å²) >= 11 is 0. The van der Waals surface area contributed by atoms with E-state index in [1.807, 2.05) is 0 Å². The molecule has 1 amide bonds. The minimum absolute atomic E-state index is 0.127. The van der Waals surface area contributed by atoms with Crippen LogP contribution in [0.3, 0.4) is 0 Å². The van der Waals surface area contributed by atoms with E-state index in [1.165, 1.54) is 12.8 Å². The molecule has 0 heterocycles. The molecule has 178 valence electrons. The number of Topliss-reactive ketones (excluding diaryl/α,β-unsaturated/α-hetero) is 1. The van der Waals surface area contributed by atoms with Gasteiger partial charge in [-0.25, -0.2) is 4.79 Å². The van der Waals surface area contributed by atoms with Crippen LogP contribution in [0.15, 0.2) is 12.2 Å². The van der Waals surface area contributed by atoms with Crippen molar-refractivity contribution in [3.05, 3.63) is 12.2 Å². The highest BCUT2D eigenvalue weighted by atomic mass is 16.6. The molecular formula is C23H39NO7. The van der Waals surface area contributed by atoms with E-state index in [1.54, 1.807) is 6.92 Å². The van der Waals surface area contributed by atoms with Crippen molar-refractivity contribution in [2.24, 2.45) is 17.8 Å². The van der Waals surface area contributed by atoms with Gasteiger partial charge < -0.3 is 29.0 Å². The van der Waals surface area contributed by atoms with Crippen LogP contribution in [0.1, 0.15) is 39.0 Å². The number of alkyl carbamates (subject to hydrolysis) is 1. The second-order valence-electron chi connectivity index (χ2n) is 8.04. The number of allylic oxidation sites excluding steroid dienone is 2. The van der Waals surface area contributed by atoms with Crippen LogP contribution in [0.5, 0.6) is 0 Å². The van der Waals surface area contributed by atoms with Crippen LogP contribution in [-0.4, -0.2) is 77.9 Å². The van der Waals surface area contributed by atoms with E-state index in [0.717, 1.165) is 24.7 Å². The van der Waals surface area contributed by atoms with Crippen LogP contribution >= 0.6 is 0 Å². The van der Waals surface area contributed by atoms with Crippen molar-refractivity contribution in [3.63, 3.8) is 0 Å². The Morgan fingerprint density at radius 3 is 1.87 bits per heavy atom. The minimum atomic E-state index is -0.361. The molecule has 2 unspecified atom stereocenters. The Bertz CT molecular complexity index is 524. The van der Waals surface area contributed by atoms with E-state index in [9.17, 15) is 9.59 Å². The Morgan fingerprint density at radius 2 is 1.32 bits per heavy atom. The van der Waals surface area contributed by atoms with Crippen LogP contribution in [-0.2, 0) is 28.5 Å². The lowest BCUT2D eigenvalue weighted by molar-refractivity contribution is -0.118. The third-order valence-corrected chi connectivity index (χ3v) is 5.65. The summed E-state index contributed by atoms with van der Waals surface area (Å²) in [4.78, 5) is 22.5. The Labute approximate surface area is 186 Å². The lowest BCUT2D eigenvalue weighted by Crippen LogP contribution is -2.29. The van der Waals surface area contributed by atoms with E-state index in [4.69, 9.17) is 23.7 Å². The summed E-state index contributed by atoms with van der Waals surface area (Å²) in [6.45, 7) is 6.24. The SMILES string of the molecule is CC(=O)CCOCCOCCOCCOCCNC(=O)OCC1C2CC/C=C\CCC21. The van der Waals surface area contributed by atoms with E-state index >= 15 is 0 Å².